The zero-order valence-corrected chi connectivity index (χ0v) is 13.0. The van der Waals surface area contributed by atoms with Crippen molar-refractivity contribution in [2.75, 3.05) is 20.2 Å². The number of amides is 1. The first-order valence-corrected chi connectivity index (χ1v) is 7.59. The van der Waals surface area contributed by atoms with E-state index in [1.165, 1.54) is 6.20 Å². The van der Waals surface area contributed by atoms with E-state index in [0.29, 0.717) is 37.3 Å². The van der Waals surface area contributed by atoms with Crippen molar-refractivity contribution in [2.24, 2.45) is 0 Å². The molecule has 2 aromatic rings. The van der Waals surface area contributed by atoms with Crippen molar-refractivity contribution in [1.82, 2.24) is 20.3 Å². The summed E-state index contributed by atoms with van der Waals surface area (Å²) >= 11 is 0. The molecule has 1 aromatic carbocycles. The number of aromatic nitrogens is 3. The smallest absolute Gasteiger partial charge is 0.254 e. The molecule has 1 fully saturated rings. The van der Waals surface area contributed by atoms with Crippen molar-refractivity contribution in [3.63, 3.8) is 0 Å². The van der Waals surface area contributed by atoms with Gasteiger partial charge in [0, 0.05) is 19.2 Å². The lowest BCUT2D eigenvalue weighted by Crippen LogP contribution is -2.49. The van der Waals surface area contributed by atoms with Crippen LogP contribution in [0.1, 0.15) is 34.5 Å². The third-order valence-corrected chi connectivity index (χ3v) is 4.20. The van der Waals surface area contributed by atoms with E-state index in [1.54, 1.807) is 18.1 Å². The number of carbonyl (C=O) groups excluding carboxylic acids is 1. The van der Waals surface area contributed by atoms with Gasteiger partial charge in [0.2, 0.25) is 0 Å². The van der Waals surface area contributed by atoms with E-state index < -0.39 is 5.60 Å². The Bertz CT molecular complexity index is 674. The van der Waals surface area contributed by atoms with E-state index in [9.17, 15) is 9.90 Å². The summed E-state index contributed by atoms with van der Waals surface area (Å²) in [7, 11) is 1.60. The normalized spacial score (nSPS) is 21.4. The average molecular weight is 316 g/mol. The largest absolute Gasteiger partial charge is 0.382 e. The molecule has 1 aromatic heterocycles. The Morgan fingerprint density at radius 2 is 2.30 bits per heavy atom. The number of hydrogen-bond acceptors (Lipinski definition) is 5. The number of likely N-dealkylation sites (tertiary alicyclic amines) is 1. The van der Waals surface area contributed by atoms with Gasteiger partial charge in [-0.15, -0.1) is 0 Å². The molecule has 122 valence electrons. The number of ether oxygens (including phenoxy) is 1. The quantitative estimate of drug-likeness (QED) is 0.880. The first-order valence-electron chi connectivity index (χ1n) is 7.59. The van der Waals surface area contributed by atoms with Gasteiger partial charge in [-0.1, -0.05) is 18.2 Å². The number of aromatic amines is 1. The predicted molar refractivity (Wildman–Crippen MR) is 82.6 cm³/mol. The summed E-state index contributed by atoms with van der Waals surface area (Å²) in [6.07, 6.45) is 2.78. The molecule has 23 heavy (non-hydrogen) atoms. The van der Waals surface area contributed by atoms with E-state index in [4.69, 9.17) is 4.74 Å². The molecule has 2 heterocycles. The van der Waals surface area contributed by atoms with Gasteiger partial charge in [0.1, 0.15) is 11.3 Å². The first kappa shape index (κ1) is 15.6. The Balaban J connectivity index is 1.83. The number of nitrogens with zero attached hydrogens (tertiary/aromatic N) is 3. The number of H-pyrrole nitrogens is 1. The molecule has 0 radical (unpaired) electrons. The van der Waals surface area contributed by atoms with Crippen LogP contribution in [-0.4, -0.2) is 51.5 Å². The van der Waals surface area contributed by atoms with Crippen LogP contribution in [-0.2, 0) is 16.9 Å². The topological polar surface area (TPSA) is 91.3 Å². The Kier molecular flexibility index (Phi) is 4.40. The van der Waals surface area contributed by atoms with Crippen molar-refractivity contribution >= 4 is 5.91 Å². The predicted octanol–water partition coefficient (Wildman–Crippen LogP) is 1.07. The molecule has 7 heteroatoms. The molecule has 0 aliphatic carbocycles. The zero-order chi connectivity index (χ0) is 16.3. The standard InChI is InChI=1S/C16H20N4O3/c1-23-10-12-5-2-3-6-13(12)15(21)20-8-4-7-16(22,11-20)14-9-17-19-18-14/h2-3,5-6,9,22H,4,7-8,10-11H2,1H3,(H,17,18,19). The molecule has 0 bridgehead atoms. The second kappa shape index (κ2) is 6.47. The SMILES string of the molecule is COCc1ccccc1C(=O)N1CCCC(O)(c2cn[nH]n2)C1. The minimum atomic E-state index is -1.16. The number of β-amino-alcohol motifs (C(OH)–C–C–N with tert-alkyl or cyclic N) is 1. The van der Waals surface area contributed by atoms with Crippen molar-refractivity contribution in [1.29, 1.82) is 0 Å². The minimum absolute atomic E-state index is 0.0979. The highest BCUT2D eigenvalue weighted by Gasteiger charge is 2.39. The molecule has 1 amide bonds. The van der Waals surface area contributed by atoms with Gasteiger partial charge in [-0.05, 0) is 24.5 Å². The Hall–Kier alpha value is -2.25. The maximum absolute atomic E-state index is 12.9. The van der Waals surface area contributed by atoms with E-state index in [0.717, 1.165) is 5.56 Å². The van der Waals surface area contributed by atoms with Crippen LogP contribution in [0.25, 0.3) is 0 Å². The molecule has 1 unspecified atom stereocenters. The van der Waals surface area contributed by atoms with Gasteiger partial charge in [-0.25, -0.2) is 0 Å². The monoisotopic (exact) mass is 316 g/mol. The second-order valence-electron chi connectivity index (χ2n) is 5.81. The Morgan fingerprint density at radius 3 is 3.04 bits per heavy atom. The molecule has 1 aliphatic heterocycles. The molecule has 2 N–H and O–H groups in total. The summed E-state index contributed by atoms with van der Waals surface area (Å²) in [4.78, 5) is 14.5. The van der Waals surface area contributed by atoms with Crippen LogP contribution in [0, 0.1) is 0 Å². The number of aliphatic hydroxyl groups is 1. The number of carbonyl (C=O) groups is 1. The van der Waals surface area contributed by atoms with E-state index in [1.807, 2.05) is 18.2 Å². The van der Waals surface area contributed by atoms with Crippen LogP contribution in [0.4, 0.5) is 0 Å². The number of hydrogen-bond donors (Lipinski definition) is 2. The fourth-order valence-corrected chi connectivity index (χ4v) is 3.03. The van der Waals surface area contributed by atoms with Gasteiger partial charge < -0.3 is 14.7 Å². The number of methoxy groups -OCH3 is 1. The lowest BCUT2D eigenvalue weighted by molar-refractivity contribution is -0.0321. The maximum Gasteiger partial charge on any atom is 0.254 e. The van der Waals surface area contributed by atoms with Crippen molar-refractivity contribution in [2.45, 2.75) is 25.0 Å². The third-order valence-electron chi connectivity index (χ3n) is 4.20. The maximum atomic E-state index is 12.9. The molecular weight excluding hydrogens is 296 g/mol. The Labute approximate surface area is 134 Å². The van der Waals surface area contributed by atoms with E-state index >= 15 is 0 Å². The van der Waals surface area contributed by atoms with Crippen LogP contribution in [0.15, 0.2) is 30.5 Å². The van der Waals surface area contributed by atoms with Crippen molar-refractivity contribution in [3.8, 4) is 0 Å². The first-order chi connectivity index (χ1) is 11.1. The molecule has 7 nitrogen and oxygen atoms in total. The summed E-state index contributed by atoms with van der Waals surface area (Å²) in [5, 5.41) is 21.1. The number of nitrogens with one attached hydrogen (secondary N) is 1. The van der Waals surface area contributed by atoms with E-state index in [-0.39, 0.29) is 12.5 Å². The summed E-state index contributed by atoms with van der Waals surface area (Å²) in [6, 6.07) is 7.39. The van der Waals surface area contributed by atoms with Gasteiger partial charge in [0.15, 0.2) is 0 Å². The summed E-state index contributed by atoms with van der Waals surface area (Å²) < 4.78 is 5.16. The van der Waals surface area contributed by atoms with Crippen molar-refractivity contribution < 1.29 is 14.6 Å². The van der Waals surface area contributed by atoms with Gasteiger partial charge in [0.25, 0.3) is 5.91 Å². The average Bonchev–Trinajstić information content (AvgIpc) is 3.10. The lowest BCUT2D eigenvalue weighted by atomic mass is 9.89. The summed E-state index contributed by atoms with van der Waals surface area (Å²) in [5.41, 5.74) is 0.770. The molecular formula is C16H20N4O3. The van der Waals surface area contributed by atoms with Crippen LogP contribution >= 0.6 is 0 Å². The number of piperidine rings is 1. The molecule has 0 spiro atoms. The van der Waals surface area contributed by atoms with Crippen molar-refractivity contribution in [3.05, 3.63) is 47.3 Å². The number of benzene rings is 1. The fraction of sp³-hybridized carbons (Fsp3) is 0.438. The van der Waals surface area contributed by atoms with Crippen LogP contribution in [0.3, 0.4) is 0 Å². The fourth-order valence-electron chi connectivity index (χ4n) is 3.03. The third kappa shape index (κ3) is 3.11. The van der Waals surface area contributed by atoms with E-state index in [2.05, 4.69) is 15.4 Å². The Morgan fingerprint density at radius 1 is 1.48 bits per heavy atom. The summed E-state index contributed by atoms with van der Waals surface area (Å²) in [6.45, 7) is 1.20. The zero-order valence-electron chi connectivity index (χ0n) is 13.0. The molecule has 1 atom stereocenters. The minimum Gasteiger partial charge on any atom is -0.382 e. The highest BCUT2D eigenvalue weighted by Crippen LogP contribution is 2.30. The van der Waals surface area contributed by atoms with Crippen LogP contribution in [0.5, 0.6) is 0 Å². The number of rotatable bonds is 4. The molecule has 0 saturated carbocycles. The lowest BCUT2D eigenvalue weighted by Gasteiger charge is -2.38. The molecule has 1 saturated heterocycles. The second-order valence-corrected chi connectivity index (χ2v) is 5.81. The van der Waals surface area contributed by atoms with Crippen LogP contribution in [0.2, 0.25) is 0 Å². The molecule has 1 aliphatic rings. The summed E-state index contributed by atoms with van der Waals surface area (Å²) in [5.74, 6) is -0.0979. The van der Waals surface area contributed by atoms with Gasteiger partial charge in [0.05, 0.1) is 19.3 Å². The molecule has 3 rings (SSSR count). The highest BCUT2D eigenvalue weighted by molar-refractivity contribution is 5.95. The van der Waals surface area contributed by atoms with Gasteiger partial charge >= 0.3 is 0 Å². The highest BCUT2D eigenvalue weighted by atomic mass is 16.5. The van der Waals surface area contributed by atoms with Gasteiger partial charge in [-0.2, -0.15) is 15.4 Å². The van der Waals surface area contributed by atoms with Gasteiger partial charge in [-0.3, -0.25) is 4.79 Å². The van der Waals surface area contributed by atoms with Crippen LogP contribution < -0.4 is 0 Å².